The Morgan fingerprint density at radius 1 is 1.35 bits per heavy atom. The number of rotatable bonds is 7. The maximum Gasteiger partial charge on any atom is 0.137 e. The second-order valence-electron chi connectivity index (χ2n) is 4.04. The van der Waals surface area contributed by atoms with Gasteiger partial charge in [-0.15, -0.1) is 0 Å². The van der Waals surface area contributed by atoms with Crippen molar-refractivity contribution in [1.82, 2.24) is 15.3 Å². The van der Waals surface area contributed by atoms with Crippen molar-refractivity contribution in [1.29, 1.82) is 0 Å². The summed E-state index contributed by atoms with van der Waals surface area (Å²) in [7, 11) is 1.65. The van der Waals surface area contributed by atoms with Crippen LogP contribution in [0, 0.1) is 5.82 Å². The van der Waals surface area contributed by atoms with E-state index in [-0.39, 0.29) is 5.82 Å². The molecule has 1 heterocycles. The van der Waals surface area contributed by atoms with E-state index in [9.17, 15) is 4.39 Å². The van der Waals surface area contributed by atoms with Gasteiger partial charge in [-0.1, -0.05) is 23.9 Å². The molecule has 1 aromatic carbocycles. The third-order valence-electron chi connectivity index (χ3n) is 2.59. The molecular formula is C14H16FN3OS. The minimum absolute atomic E-state index is 0.244. The summed E-state index contributed by atoms with van der Waals surface area (Å²) in [6.07, 6.45) is 4.82. The van der Waals surface area contributed by atoms with Crippen molar-refractivity contribution in [2.75, 3.05) is 20.3 Å². The van der Waals surface area contributed by atoms with Crippen LogP contribution < -0.4 is 5.32 Å². The topological polar surface area (TPSA) is 47.0 Å². The zero-order valence-electron chi connectivity index (χ0n) is 11.2. The SMILES string of the molecule is COCCNCc1cccc(F)c1Sc1cnccn1. The Kier molecular flexibility index (Phi) is 5.91. The van der Waals surface area contributed by atoms with Gasteiger partial charge in [-0.05, 0) is 11.6 Å². The molecule has 0 fully saturated rings. The van der Waals surface area contributed by atoms with E-state index in [2.05, 4.69) is 15.3 Å². The van der Waals surface area contributed by atoms with Gasteiger partial charge in [0.1, 0.15) is 10.8 Å². The number of benzene rings is 1. The van der Waals surface area contributed by atoms with Gasteiger partial charge < -0.3 is 10.1 Å². The molecule has 0 atom stereocenters. The maximum atomic E-state index is 14.0. The molecule has 0 unspecified atom stereocenters. The fourth-order valence-corrected chi connectivity index (χ4v) is 2.52. The first-order valence-corrected chi connectivity index (χ1v) is 7.04. The Hall–Kier alpha value is -1.50. The van der Waals surface area contributed by atoms with E-state index in [0.29, 0.717) is 23.1 Å². The first-order chi connectivity index (χ1) is 9.81. The van der Waals surface area contributed by atoms with Crippen molar-refractivity contribution >= 4 is 11.8 Å². The van der Waals surface area contributed by atoms with E-state index in [1.165, 1.54) is 17.8 Å². The van der Waals surface area contributed by atoms with Crippen LogP contribution in [0.3, 0.4) is 0 Å². The lowest BCUT2D eigenvalue weighted by molar-refractivity contribution is 0.199. The van der Waals surface area contributed by atoms with Crippen LogP contribution in [-0.2, 0) is 11.3 Å². The molecule has 2 aromatic rings. The number of methoxy groups -OCH3 is 1. The smallest absolute Gasteiger partial charge is 0.137 e. The third-order valence-corrected chi connectivity index (χ3v) is 3.67. The highest BCUT2D eigenvalue weighted by atomic mass is 32.2. The second kappa shape index (κ2) is 7.94. The monoisotopic (exact) mass is 293 g/mol. The summed E-state index contributed by atoms with van der Waals surface area (Å²) in [5.41, 5.74) is 0.900. The van der Waals surface area contributed by atoms with Crippen molar-refractivity contribution in [2.45, 2.75) is 16.5 Å². The van der Waals surface area contributed by atoms with Crippen LogP contribution >= 0.6 is 11.8 Å². The van der Waals surface area contributed by atoms with Crippen molar-refractivity contribution < 1.29 is 9.13 Å². The predicted octanol–water partition coefficient (Wildman–Crippen LogP) is 2.50. The summed E-state index contributed by atoms with van der Waals surface area (Å²) in [5, 5.41) is 3.89. The molecule has 2 rings (SSSR count). The molecule has 106 valence electrons. The summed E-state index contributed by atoms with van der Waals surface area (Å²) in [6.45, 7) is 1.94. The fraction of sp³-hybridized carbons (Fsp3) is 0.286. The number of hydrogen-bond acceptors (Lipinski definition) is 5. The number of nitrogens with zero attached hydrogens (tertiary/aromatic N) is 2. The van der Waals surface area contributed by atoms with Crippen LogP contribution in [0.5, 0.6) is 0 Å². The van der Waals surface area contributed by atoms with Gasteiger partial charge in [-0.3, -0.25) is 4.98 Å². The van der Waals surface area contributed by atoms with E-state index in [0.717, 1.165) is 12.1 Å². The van der Waals surface area contributed by atoms with Gasteiger partial charge in [-0.2, -0.15) is 0 Å². The Morgan fingerprint density at radius 2 is 2.25 bits per heavy atom. The van der Waals surface area contributed by atoms with Crippen molar-refractivity contribution in [2.24, 2.45) is 0 Å². The summed E-state index contributed by atoms with van der Waals surface area (Å²) in [6, 6.07) is 5.07. The summed E-state index contributed by atoms with van der Waals surface area (Å²) in [4.78, 5) is 8.73. The molecule has 0 saturated carbocycles. The highest BCUT2D eigenvalue weighted by Crippen LogP contribution is 2.31. The standard InChI is InChI=1S/C14H16FN3OS/c1-19-8-7-17-9-11-3-2-4-12(15)14(11)20-13-10-16-5-6-18-13/h2-6,10,17H,7-9H2,1H3. The predicted molar refractivity (Wildman–Crippen MR) is 76.1 cm³/mol. The van der Waals surface area contributed by atoms with Crippen LogP contribution in [0.4, 0.5) is 4.39 Å². The third kappa shape index (κ3) is 4.26. The average Bonchev–Trinajstić information content (AvgIpc) is 2.48. The molecule has 0 bridgehead atoms. The number of aromatic nitrogens is 2. The van der Waals surface area contributed by atoms with E-state index < -0.39 is 0 Å². The highest BCUT2D eigenvalue weighted by Gasteiger charge is 2.10. The number of ether oxygens (including phenoxy) is 1. The molecule has 0 aliphatic rings. The van der Waals surface area contributed by atoms with Gasteiger partial charge in [0, 0.05) is 32.6 Å². The van der Waals surface area contributed by atoms with Crippen LogP contribution in [0.15, 0.2) is 46.7 Å². The maximum absolute atomic E-state index is 14.0. The van der Waals surface area contributed by atoms with Gasteiger partial charge in [0.05, 0.1) is 17.7 Å². The van der Waals surface area contributed by atoms with Crippen LogP contribution in [0.2, 0.25) is 0 Å². The number of hydrogen-bond donors (Lipinski definition) is 1. The molecule has 4 nitrogen and oxygen atoms in total. The number of halogens is 1. The summed E-state index contributed by atoms with van der Waals surface area (Å²) < 4.78 is 19.0. The Labute approximate surface area is 121 Å². The zero-order chi connectivity index (χ0) is 14.2. The Balaban J connectivity index is 2.10. The molecule has 1 aromatic heterocycles. The van der Waals surface area contributed by atoms with Crippen molar-refractivity contribution in [3.63, 3.8) is 0 Å². The van der Waals surface area contributed by atoms with Crippen LogP contribution in [0.25, 0.3) is 0 Å². The quantitative estimate of drug-likeness (QED) is 0.795. The zero-order valence-corrected chi connectivity index (χ0v) is 12.0. The molecule has 20 heavy (non-hydrogen) atoms. The van der Waals surface area contributed by atoms with Crippen molar-refractivity contribution in [3.05, 3.63) is 48.2 Å². The van der Waals surface area contributed by atoms with E-state index in [1.54, 1.807) is 31.8 Å². The first kappa shape index (κ1) is 14.9. The molecule has 6 heteroatoms. The molecular weight excluding hydrogens is 277 g/mol. The van der Waals surface area contributed by atoms with E-state index in [4.69, 9.17) is 4.74 Å². The molecule has 0 aliphatic heterocycles. The molecule has 0 saturated heterocycles. The fourth-order valence-electron chi connectivity index (χ4n) is 1.65. The average molecular weight is 293 g/mol. The molecule has 0 radical (unpaired) electrons. The summed E-state index contributed by atoms with van der Waals surface area (Å²) in [5.74, 6) is -0.244. The second-order valence-corrected chi connectivity index (χ2v) is 5.07. The van der Waals surface area contributed by atoms with Crippen LogP contribution in [-0.4, -0.2) is 30.2 Å². The lowest BCUT2D eigenvalue weighted by Crippen LogP contribution is -2.19. The lowest BCUT2D eigenvalue weighted by Gasteiger charge is -2.10. The molecule has 0 aliphatic carbocycles. The molecule has 1 N–H and O–H groups in total. The normalized spacial score (nSPS) is 10.7. The van der Waals surface area contributed by atoms with Crippen molar-refractivity contribution in [3.8, 4) is 0 Å². The van der Waals surface area contributed by atoms with E-state index in [1.807, 2.05) is 6.07 Å². The van der Waals surface area contributed by atoms with Gasteiger partial charge in [0.15, 0.2) is 0 Å². The van der Waals surface area contributed by atoms with Gasteiger partial charge in [0.25, 0.3) is 0 Å². The largest absolute Gasteiger partial charge is 0.383 e. The lowest BCUT2D eigenvalue weighted by atomic mass is 10.2. The highest BCUT2D eigenvalue weighted by molar-refractivity contribution is 7.99. The Bertz CT molecular complexity index is 539. The van der Waals surface area contributed by atoms with E-state index >= 15 is 0 Å². The Morgan fingerprint density at radius 3 is 3.00 bits per heavy atom. The molecule has 0 spiro atoms. The first-order valence-electron chi connectivity index (χ1n) is 6.22. The minimum Gasteiger partial charge on any atom is -0.383 e. The minimum atomic E-state index is -0.244. The van der Waals surface area contributed by atoms with Gasteiger partial charge in [0.2, 0.25) is 0 Å². The molecule has 0 amide bonds. The van der Waals surface area contributed by atoms with Crippen LogP contribution in [0.1, 0.15) is 5.56 Å². The number of nitrogens with one attached hydrogen (secondary N) is 1. The summed E-state index contributed by atoms with van der Waals surface area (Å²) >= 11 is 1.28. The van der Waals surface area contributed by atoms with Gasteiger partial charge in [-0.25, -0.2) is 9.37 Å². The van der Waals surface area contributed by atoms with Gasteiger partial charge >= 0.3 is 0 Å².